The Hall–Kier alpha value is -1.88. The topological polar surface area (TPSA) is 45.2 Å². The molecule has 5 heteroatoms. The van der Waals surface area contributed by atoms with Crippen LogP contribution >= 0.6 is 11.3 Å². The number of carbonyl (C=O) groups is 1. The number of aromatic nitrogens is 1. The van der Waals surface area contributed by atoms with E-state index in [-0.39, 0.29) is 11.9 Å². The number of rotatable bonds is 5. The summed E-state index contributed by atoms with van der Waals surface area (Å²) in [5, 5.41) is 5.23. The third-order valence-corrected chi connectivity index (χ3v) is 4.32. The number of hydrogen-bond acceptors (Lipinski definition) is 4. The number of anilines is 1. The Morgan fingerprint density at radius 3 is 2.95 bits per heavy atom. The number of amides is 1. The molecule has 1 unspecified atom stereocenters. The van der Waals surface area contributed by atoms with Gasteiger partial charge in [-0.1, -0.05) is 6.07 Å². The van der Waals surface area contributed by atoms with Crippen LogP contribution in [-0.2, 0) is 0 Å². The van der Waals surface area contributed by atoms with Crippen molar-refractivity contribution in [2.75, 3.05) is 18.9 Å². The smallest absolute Gasteiger partial charge is 0.257 e. The van der Waals surface area contributed by atoms with E-state index in [1.807, 2.05) is 44.5 Å². The van der Waals surface area contributed by atoms with Gasteiger partial charge in [-0.3, -0.25) is 9.78 Å². The molecule has 1 atom stereocenters. The molecule has 106 valence electrons. The van der Waals surface area contributed by atoms with Gasteiger partial charge in [0.05, 0.1) is 17.3 Å². The van der Waals surface area contributed by atoms with Gasteiger partial charge in [-0.25, -0.2) is 0 Å². The zero-order valence-corrected chi connectivity index (χ0v) is 12.8. The molecule has 2 rings (SSSR count). The molecule has 1 amide bonds. The third kappa shape index (κ3) is 2.99. The van der Waals surface area contributed by atoms with Crippen molar-refractivity contribution in [2.45, 2.75) is 19.9 Å². The molecule has 2 aromatic heterocycles. The standard InChI is InChI=1S/C15H19N3OS/c1-4-17-13-7-8-16-10-12(13)15(19)18(3)11(2)14-6-5-9-20-14/h5-11H,4H2,1-3H3,(H,16,17). The van der Waals surface area contributed by atoms with Crippen molar-refractivity contribution < 1.29 is 4.79 Å². The summed E-state index contributed by atoms with van der Waals surface area (Å²) in [6.45, 7) is 4.81. The molecule has 0 spiro atoms. The van der Waals surface area contributed by atoms with Crippen LogP contribution in [0.3, 0.4) is 0 Å². The zero-order chi connectivity index (χ0) is 14.5. The monoisotopic (exact) mass is 289 g/mol. The maximum absolute atomic E-state index is 12.6. The van der Waals surface area contributed by atoms with Crippen molar-refractivity contribution in [1.82, 2.24) is 9.88 Å². The summed E-state index contributed by atoms with van der Waals surface area (Å²) in [7, 11) is 1.83. The van der Waals surface area contributed by atoms with Crippen LogP contribution in [0.1, 0.15) is 35.1 Å². The van der Waals surface area contributed by atoms with Crippen LogP contribution in [0.5, 0.6) is 0 Å². The van der Waals surface area contributed by atoms with Crippen LogP contribution in [-0.4, -0.2) is 29.4 Å². The number of thiophene rings is 1. The van der Waals surface area contributed by atoms with E-state index in [4.69, 9.17) is 0 Å². The highest BCUT2D eigenvalue weighted by atomic mass is 32.1. The van der Waals surface area contributed by atoms with Gasteiger partial charge in [-0.15, -0.1) is 11.3 Å². The summed E-state index contributed by atoms with van der Waals surface area (Å²) in [5.74, 6) is -0.0186. The van der Waals surface area contributed by atoms with E-state index < -0.39 is 0 Å². The molecule has 4 nitrogen and oxygen atoms in total. The number of nitrogens with one attached hydrogen (secondary N) is 1. The van der Waals surface area contributed by atoms with Crippen LogP contribution in [0.25, 0.3) is 0 Å². The first-order valence-electron chi connectivity index (χ1n) is 6.63. The minimum atomic E-state index is -0.0186. The Kier molecular flexibility index (Phi) is 4.74. The Morgan fingerprint density at radius 1 is 1.50 bits per heavy atom. The average Bonchev–Trinajstić information content (AvgIpc) is 3.00. The quantitative estimate of drug-likeness (QED) is 0.917. The second kappa shape index (κ2) is 6.52. The van der Waals surface area contributed by atoms with Crippen molar-refractivity contribution in [3.63, 3.8) is 0 Å². The average molecular weight is 289 g/mol. The van der Waals surface area contributed by atoms with E-state index >= 15 is 0 Å². The van der Waals surface area contributed by atoms with Crippen LogP contribution in [0.4, 0.5) is 5.69 Å². The molecule has 2 aromatic rings. The lowest BCUT2D eigenvalue weighted by atomic mass is 10.1. The van der Waals surface area contributed by atoms with E-state index in [0.717, 1.165) is 12.2 Å². The van der Waals surface area contributed by atoms with Gasteiger partial charge in [-0.05, 0) is 31.4 Å². The second-order valence-corrected chi connectivity index (χ2v) is 5.54. The van der Waals surface area contributed by atoms with Crippen molar-refractivity contribution in [1.29, 1.82) is 0 Å². The molecule has 0 aliphatic heterocycles. The van der Waals surface area contributed by atoms with Gasteiger partial charge >= 0.3 is 0 Å². The largest absolute Gasteiger partial charge is 0.385 e. The summed E-state index contributed by atoms with van der Waals surface area (Å²) in [6.07, 6.45) is 3.31. The number of nitrogens with zero attached hydrogens (tertiary/aromatic N) is 2. The molecular formula is C15H19N3OS. The highest BCUT2D eigenvalue weighted by molar-refractivity contribution is 7.10. The lowest BCUT2D eigenvalue weighted by molar-refractivity contribution is 0.0745. The molecule has 0 aliphatic carbocycles. The molecule has 20 heavy (non-hydrogen) atoms. The number of carbonyl (C=O) groups excluding carboxylic acids is 1. The molecule has 0 bridgehead atoms. The van der Waals surface area contributed by atoms with Gasteiger partial charge in [0.2, 0.25) is 0 Å². The second-order valence-electron chi connectivity index (χ2n) is 4.56. The fourth-order valence-corrected chi connectivity index (χ4v) is 2.82. The normalized spacial score (nSPS) is 11.9. The molecule has 0 fully saturated rings. The highest BCUT2D eigenvalue weighted by Crippen LogP contribution is 2.26. The molecule has 0 aliphatic rings. The van der Waals surface area contributed by atoms with Gasteiger partial charge < -0.3 is 10.2 Å². The Bertz CT molecular complexity index is 568. The van der Waals surface area contributed by atoms with Gasteiger partial charge in [-0.2, -0.15) is 0 Å². The Morgan fingerprint density at radius 2 is 2.30 bits per heavy atom. The first-order chi connectivity index (χ1) is 9.65. The van der Waals surface area contributed by atoms with E-state index in [1.54, 1.807) is 28.6 Å². The molecule has 0 aromatic carbocycles. The van der Waals surface area contributed by atoms with E-state index in [9.17, 15) is 4.79 Å². The first kappa shape index (κ1) is 14.5. The van der Waals surface area contributed by atoms with Crippen LogP contribution in [0.15, 0.2) is 36.0 Å². The van der Waals surface area contributed by atoms with E-state index in [1.165, 1.54) is 4.88 Å². The fraction of sp³-hybridized carbons (Fsp3) is 0.333. The van der Waals surface area contributed by atoms with Gasteiger partial charge in [0.25, 0.3) is 5.91 Å². The van der Waals surface area contributed by atoms with Crippen molar-refractivity contribution >= 4 is 22.9 Å². The molecule has 1 N–H and O–H groups in total. The lowest BCUT2D eigenvalue weighted by Gasteiger charge is -2.25. The van der Waals surface area contributed by atoms with E-state index in [2.05, 4.69) is 10.3 Å². The SMILES string of the molecule is CCNc1ccncc1C(=O)N(C)C(C)c1cccs1. The summed E-state index contributed by atoms with van der Waals surface area (Å²) < 4.78 is 0. The summed E-state index contributed by atoms with van der Waals surface area (Å²) in [4.78, 5) is 19.6. The minimum Gasteiger partial charge on any atom is -0.385 e. The van der Waals surface area contributed by atoms with Crippen molar-refractivity contribution in [3.8, 4) is 0 Å². The lowest BCUT2D eigenvalue weighted by Crippen LogP contribution is -2.30. The van der Waals surface area contributed by atoms with E-state index in [0.29, 0.717) is 5.56 Å². The maximum atomic E-state index is 12.6. The van der Waals surface area contributed by atoms with Gasteiger partial charge in [0.15, 0.2) is 0 Å². The van der Waals surface area contributed by atoms with Crippen molar-refractivity contribution in [3.05, 3.63) is 46.4 Å². The number of pyridine rings is 1. The number of hydrogen-bond donors (Lipinski definition) is 1. The van der Waals surface area contributed by atoms with Crippen molar-refractivity contribution in [2.24, 2.45) is 0 Å². The van der Waals surface area contributed by atoms with Gasteiger partial charge in [0, 0.05) is 30.9 Å². The minimum absolute atomic E-state index is 0.0186. The predicted molar refractivity (Wildman–Crippen MR) is 83.2 cm³/mol. The van der Waals surface area contributed by atoms with Gasteiger partial charge in [0.1, 0.15) is 0 Å². The molecular weight excluding hydrogens is 270 g/mol. The predicted octanol–water partition coefficient (Wildman–Crippen LogP) is 3.41. The summed E-state index contributed by atoms with van der Waals surface area (Å²) in [5.41, 5.74) is 1.44. The molecule has 0 radical (unpaired) electrons. The third-order valence-electron chi connectivity index (χ3n) is 3.27. The summed E-state index contributed by atoms with van der Waals surface area (Å²) >= 11 is 1.66. The van der Waals surface area contributed by atoms with Crippen LogP contribution < -0.4 is 5.32 Å². The highest BCUT2D eigenvalue weighted by Gasteiger charge is 2.21. The fourth-order valence-electron chi connectivity index (χ4n) is 2.00. The van der Waals surface area contributed by atoms with Crippen LogP contribution in [0.2, 0.25) is 0 Å². The molecule has 0 saturated heterocycles. The molecule has 0 saturated carbocycles. The summed E-state index contributed by atoms with van der Waals surface area (Å²) in [6, 6.07) is 5.94. The first-order valence-corrected chi connectivity index (χ1v) is 7.51. The zero-order valence-electron chi connectivity index (χ0n) is 12.0. The maximum Gasteiger partial charge on any atom is 0.257 e. The Labute approximate surface area is 123 Å². The van der Waals surface area contributed by atoms with Crippen LogP contribution in [0, 0.1) is 0 Å². The Balaban J connectivity index is 2.22. The molecule has 2 heterocycles.